The summed E-state index contributed by atoms with van der Waals surface area (Å²) in [5, 5.41) is 4.25. The van der Waals surface area contributed by atoms with Gasteiger partial charge in [-0.15, -0.1) is 0 Å². The minimum absolute atomic E-state index is 0. The molecule has 0 aliphatic rings. The molecule has 1 radical (unpaired) electrons. The molecule has 4 N–H and O–H groups in total. The normalized spacial score (nSPS) is 9.36. The number of benzene rings is 1. The summed E-state index contributed by atoms with van der Waals surface area (Å²) in [7, 11) is 0. The van der Waals surface area contributed by atoms with Crippen LogP contribution in [0.1, 0.15) is 27.6 Å². The van der Waals surface area contributed by atoms with Gasteiger partial charge in [-0.3, -0.25) is 9.59 Å². The summed E-state index contributed by atoms with van der Waals surface area (Å²) < 4.78 is 6.16. The molecule has 3 aromatic rings. The van der Waals surface area contributed by atoms with Crippen molar-refractivity contribution in [3.63, 3.8) is 0 Å². The molecule has 28 heavy (non-hydrogen) atoms. The summed E-state index contributed by atoms with van der Waals surface area (Å²) >= 11 is 10.4. The Hall–Kier alpha value is -2.30. The number of halogens is 1. The Morgan fingerprint density at radius 1 is 1.36 bits per heavy atom. The van der Waals surface area contributed by atoms with E-state index < -0.39 is 5.91 Å². The number of carbonyl (C=O) groups excluding carboxylic acids is 1. The molecule has 1 amide bonds. The van der Waals surface area contributed by atoms with Crippen molar-refractivity contribution in [3.05, 3.63) is 81.7 Å². The Labute approximate surface area is 183 Å². The van der Waals surface area contributed by atoms with Gasteiger partial charge in [0.1, 0.15) is 6.54 Å². The molecule has 147 valence electrons. The number of rotatable bonds is 3. The fourth-order valence-electron chi connectivity index (χ4n) is 1.97. The maximum atomic E-state index is 11.9. The van der Waals surface area contributed by atoms with Gasteiger partial charge in [0.15, 0.2) is 0 Å². The van der Waals surface area contributed by atoms with E-state index in [9.17, 15) is 9.59 Å². The van der Waals surface area contributed by atoms with E-state index in [1.165, 1.54) is 16.8 Å². The zero-order valence-corrected chi connectivity index (χ0v) is 17.7. The fourth-order valence-corrected chi connectivity index (χ4v) is 2.23. The van der Waals surface area contributed by atoms with Gasteiger partial charge in [0, 0.05) is 22.6 Å². The largest absolute Gasteiger partial charge is 2.00 e. The van der Waals surface area contributed by atoms with Crippen LogP contribution in [0.4, 0.5) is 0 Å². The van der Waals surface area contributed by atoms with Crippen molar-refractivity contribution in [2.75, 3.05) is 0 Å². The van der Waals surface area contributed by atoms with Gasteiger partial charge in [-0.25, -0.2) is 4.98 Å². The average molecular weight is 460 g/mol. The third-order valence-corrected chi connectivity index (χ3v) is 3.70. The molecule has 1 aromatic carbocycles. The van der Waals surface area contributed by atoms with Crippen LogP contribution in [0.15, 0.2) is 50.7 Å². The number of carbonyl (C=O) groups is 1. The van der Waals surface area contributed by atoms with E-state index in [4.69, 9.17) is 34.5 Å². The molecule has 0 atom stereocenters. The number of pyridine rings is 1. The topological polar surface area (TPSA) is 136 Å². The summed E-state index contributed by atoms with van der Waals surface area (Å²) in [5.41, 5.74) is 5.61. The van der Waals surface area contributed by atoms with Gasteiger partial charge < -0.3 is 39.9 Å². The first-order chi connectivity index (χ1) is 12.3. The Bertz CT molecular complexity index is 955. The van der Waals surface area contributed by atoms with Gasteiger partial charge in [-0.2, -0.15) is 4.90 Å². The molecule has 0 aliphatic carbocycles. The number of aromatic nitrogens is 3. The first-order valence-electron chi connectivity index (χ1n) is 7.34. The first kappa shape index (κ1) is 25.7. The quantitative estimate of drug-likeness (QED) is 0.463. The molecule has 0 fully saturated rings. The summed E-state index contributed by atoms with van der Waals surface area (Å²) in [6, 6.07) is 8.62. The Morgan fingerprint density at radius 3 is 2.43 bits per heavy atom. The van der Waals surface area contributed by atoms with E-state index in [0.29, 0.717) is 5.56 Å². The first-order valence-corrected chi connectivity index (χ1v) is 8.13. The summed E-state index contributed by atoms with van der Waals surface area (Å²) in [6.07, 6.45) is 1.37. The average Bonchev–Trinajstić information content (AvgIpc) is 3.00. The van der Waals surface area contributed by atoms with Crippen molar-refractivity contribution in [3.8, 4) is 0 Å². The van der Waals surface area contributed by atoms with Crippen molar-refractivity contribution in [1.82, 2.24) is 14.7 Å². The SMILES string of the molecule is O.[CH2-]c1noc(Cn2cc(C(N)=O)cc(C)c2=O)n1.[S-]c1ccc(Cl)cc1.[V+2]. The van der Waals surface area contributed by atoms with Gasteiger partial charge in [0.25, 0.3) is 5.56 Å². The van der Waals surface area contributed by atoms with E-state index >= 15 is 0 Å². The molecule has 0 saturated carbocycles. The van der Waals surface area contributed by atoms with Crippen LogP contribution in [0.3, 0.4) is 0 Å². The smallest absolute Gasteiger partial charge is 0.780 e. The van der Waals surface area contributed by atoms with Crippen LogP contribution in [0.25, 0.3) is 0 Å². The van der Waals surface area contributed by atoms with Crippen LogP contribution >= 0.6 is 11.6 Å². The van der Waals surface area contributed by atoms with E-state index in [2.05, 4.69) is 17.1 Å². The van der Waals surface area contributed by atoms with Crippen LogP contribution in [0.5, 0.6) is 0 Å². The van der Waals surface area contributed by atoms with Gasteiger partial charge in [0.2, 0.25) is 11.8 Å². The van der Waals surface area contributed by atoms with Crippen LogP contribution in [0.2, 0.25) is 5.02 Å². The van der Waals surface area contributed by atoms with E-state index in [1.54, 1.807) is 31.2 Å². The molecule has 2 heterocycles. The van der Waals surface area contributed by atoms with Gasteiger partial charge in [0.05, 0.1) is 5.56 Å². The molecular formula is C17H17ClN4O4SV. The predicted molar refractivity (Wildman–Crippen MR) is 103 cm³/mol. The molecule has 3 rings (SSSR count). The monoisotopic (exact) mass is 459 g/mol. The molecule has 0 saturated heterocycles. The third kappa shape index (κ3) is 7.38. The van der Waals surface area contributed by atoms with Crippen molar-refractivity contribution < 1.29 is 33.3 Å². The molecular weight excluding hydrogens is 443 g/mol. The minimum Gasteiger partial charge on any atom is -0.780 e. The third-order valence-electron chi connectivity index (χ3n) is 3.18. The Morgan fingerprint density at radius 2 is 1.96 bits per heavy atom. The van der Waals surface area contributed by atoms with Crippen LogP contribution < -0.4 is 11.3 Å². The summed E-state index contributed by atoms with van der Waals surface area (Å²) in [5.74, 6) is -0.126. The standard InChI is InChI=1S/C11H11N4O3.C6H5ClS.H2O.V/c1-6-3-8(10(12)16)4-15(11(6)17)5-9-13-7(2)14-18-9;7-5-1-3-6(8)4-2-5;;/h3-4H,2,5H2,1H3,(H2,12,16);1-4,8H;1H2;/q-1;;;+2/p-1. The van der Waals surface area contributed by atoms with Crippen molar-refractivity contribution in [2.24, 2.45) is 5.73 Å². The van der Waals surface area contributed by atoms with E-state index in [-0.39, 0.29) is 53.4 Å². The number of hydrogen-bond acceptors (Lipinski definition) is 6. The van der Waals surface area contributed by atoms with E-state index in [1.807, 2.05) is 0 Å². The molecule has 0 unspecified atom stereocenters. The minimum atomic E-state index is -0.602. The van der Waals surface area contributed by atoms with Gasteiger partial charge in [-0.1, -0.05) is 28.9 Å². The number of nitrogens with zero attached hydrogens (tertiary/aromatic N) is 3. The second-order valence-corrected chi connectivity index (χ2v) is 6.18. The molecule has 0 aliphatic heterocycles. The van der Waals surface area contributed by atoms with Gasteiger partial charge in [-0.05, 0) is 25.1 Å². The number of amides is 1. The zero-order valence-electron chi connectivity index (χ0n) is 14.8. The van der Waals surface area contributed by atoms with Crippen molar-refractivity contribution >= 4 is 30.1 Å². The van der Waals surface area contributed by atoms with E-state index in [0.717, 1.165) is 9.92 Å². The second-order valence-electron chi connectivity index (χ2n) is 5.27. The number of aryl methyl sites for hydroxylation is 1. The summed E-state index contributed by atoms with van der Waals surface area (Å²) in [4.78, 5) is 27.7. The van der Waals surface area contributed by atoms with Crippen LogP contribution in [0, 0.1) is 13.8 Å². The maximum Gasteiger partial charge on any atom is 2.00 e. The molecule has 0 spiro atoms. The van der Waals surface area contributed by atoms with Crippen molar-refractivity contribution in [2.45, 2.75) is 18.4 Å². The van der Waals surface area contributed by atoms with Crippen molar-refractivity contribution in [1.29, 1.82) is 0 Å². The maximum absolute atomic E-state index is 11.9. The van der Waals surface area contributed by atoms with Gasteiger partial charge >= 0.3 is 18.6 Å². The number of primary amides is 1. The number of hydrogen-bond donors (Lipinski definition) is 1. The molecule has 11 heteroatoms. The fraction of sp³-hybridized carbons (Fsp3) is 0.118. The molecule has 8 nitrogen and oxygen atoms in total. The number of nitrogens with two attached hydrogens (primary N) is 1. The molecule has 0 bridgehead atoms. The molecule has 2 aromatic heterocycles. The second kappa shape index (κ2) is 11.5. The Kier molecular flexibility index (Phi) is 10.6. The van der Waals surface area contributed by atoms with Crippen LogP contribution in [-0.2, 0) is 37.7 Å². The summed E-state index contributed by atoms with van der Waals surface area (Å²) in [6.45, 7) is 5.17. The zero-order chi connectivity index (χ0) is 19.3. The van der Waals surface area contributed by atoms with Crippen LogP contribution in [-0.4, -0.2) is 26.1 Å². The predicted octanol–water partition coefficient (Wildman–Crippen LogP) is 1.29. The Balaban J connectivity index is 0.000000621.